The van der Waals surface area contributed by atoms with Gasteiger partial charge in [0.25, 0.3) is 0 Å². The predicted octanol–water partition coefficient (Wildman–Crippen LogP) is 5.24. The number of rotatable bonds is 9. The van der Waals surface area contributed by atoms with Crippen LogP contribution in [0.5, 0.6) is 11.5 Å². The molecule has 0 bridgehead atoms. The Kier molecular flexibility index (Phi) is 8.63. The Morgan fingerprint density at radius 1 is 1.00 bits per heavy atom. The average molecular weight is 328 g/mol. The van der Waals surface area contributed by atoms with E-state index in [2.05, 4.69) is 19.9 Å². The van der Waals surface area contributed by atoms with Gasteiger partial charge >= 0.3 is 0 Å². The van der Waals surface area contributed by atoms with Crippen LogP contribution in [0.4, 0.5) is 0 Å². The molecule has 0 aliphatic rings. The monoisotopic (exact) mass is 328 g/mol. The summed E-state index contributed by atoms with van der Waals surface area (Å²) < 4.78 is 0. The van der Waals surface area contributed by atoms with E-state index in [9.17, 15) is 15.0 Å². The van der Waals surface area contributed by atoms with Gasteiger partial charge in [-0.1, -0.05) is 29.4 Å². The normalized spacial score (nSPS) is 12.1. The summed E-state index contributed by atoms with van der Waals surface area (Å²) in [6.07, 6.45) is 11.1. The summed E-state index contributed by atoms with van der Waals surface area (Å²) in [4.78, 5) is 11.1. The lowest BCUT2D eigenvalue weighted by atomic mass is 10.0. The average Bonchev–Trinajstić information content (AvgIpc) is 2.54. The molecule has 0 fully saturated rings. The largest absolute Gasteiger partial charge is 0.508 e. The minimum atomic E-state index is 0.156. The summed E-state index contributed by atoms with van der Waals surface area (Å²) in [6, 6.07) is 4.54. The van der Waals surface area contributed by atoms with Crippen LogP contribution in [-0.2, 0) is 11.2 Å². The van der Waals surface area contributed by atoms with Gasteiger partial charge in [0, 0.05) is 5.56 Å². The molecule has 0 aromatic heterocycles. The number of aromatic hydroxyl groups is 2. The third-order valence-corrected chi connectivity index (χ3v) is 3.82. The third-order valence-electron chi connectivity index (χ3n) is 3.82. The maximum absolute atomic E-state index is 11.1. The highest BCUT2D eigenvalue weighted by Crippen LogP contribution is 2.23. The summed E-state index contributed by atoms with van der Waals surface area (Å²) in [5.74, 6) is 0.350. The number of carbonyl (C=O) groups is 1. The Labute approximate surface area is 145 Å². The molecule has 0 spiro atoms. The summed E-state index contributed by atoms with van der Waals surface area (Å²) in [5, 5.41) is 19.2. The molecule has 0 aliphatic carbocycles. The first-order chi connectivity index (χ1) is 11.4. The molecule has 1 rings (SSSR count). The SMILES string of the molecule is CC(C)=CCC/C(C=O)=C\CC/C(C)=C/Cc1cc(O)ccc1O. The molecule has 1 aromatic carbocycles. The maximum atomic E-state index is 11.1. The molecule has 1 aromatic rings. The Morgan fingerprint density at radius 2 is 1.71 bits per heavy atom. The minimum absolute atomic E-state index is 0.156. The molecule has 0 saturated carbocycles. The topological polar surface area (TPSA) is 57.5 Å². The summed E-state index contributed by atoms with van der Waals surface area (Å²) in [7, 11) is 0. The van der Waals surface area contributed by atoms with E-state index in [1.54, 1.807) is 6.07 Å². The van der Waals surface area contributed by atoms with Gasteiger partial charge in [0.1, 0.15) is 17.8 Å². The molecular weight excluding hydrogens is 300 g/mol. The van der Waals surface area contributed by atoms with Crippen LogP contribution >= 0.6 is 0 Å². The highest BCUT2D eigenvalue weighted by molar-refractivity contribution is 5.73. The second kappa shape index (κ2) is 10.5. The van der Waals surface area contributed by atoms with Gasteiger partial charge in [-0.3, -0.25) is 4.79 Å². The van der Waals surface area contributed by atoms with E-state index < -0.39 is 0 Å². The van der Waals surface area contributed by atoms with Crippen molar-refractivity contribution in [1.29, 1.82) is 0 Å². The first-order valence-electron chi connectivity index (χ1n) is 8.36. The van der Waals surface area contributed by atoms with Crippen molar-refractivity contribution in [3.05, 3.63) is 58.7 Å². The fourth-order valence-electron chi connectivity index (χ4n) is 2.34. The highest BCUT2D eigenvalue weighted by Gasteiger charge is 2.01. The number of phenolic OH excluding ortho intramolecular Hbond substituents is 2. The van der Waals surface area contributed by atoms with Crippen LogP contribution in [0.2, 0.25) is 0 Å². The van der Waals surface area contributed by atoms with Crippen molar-refractivity contribution < 1.29 is 15.0 Å². The third kappa shape index (κ3) is 7.82. The minimum Gasteiger partial charge on any atom is -0.508 e. The summed E-state index contributed by atoms with van der Waals surface area (Å²) >= 11 is 0. The van der Waals surface area contributed by atoms with Gasteiger partial charge in [0.15, 0.2) is 0 Å². The molecule has 0 unspecified atom stereocenters. The van der Waals surface area contributed by atoms with Gasteiger partial charge in [-0.05, 0) is 76.6 Å². The van der Waals surface area contributed by atoms with Gasteiger partial charge in [-0.2, -0.15) is 0 Å². The quantitative estimate of drug-likeness (QED) is 0.282. The summed E-state index contributed by atoms with van der Waals surface area (Å²) in [6.45, 7) is 6.16. The number of aldehydes is 1. The van der Waals surface area contributed by atoms with Crippen LogP contribution < -0.4 is 0 Å². The highest BCUT2D eigenvalue weighted by atomic mass is 16.3. The molecule has 3 heteroatoms. The van der Waals surface area contributed by atoms with Crippen LogP contribution in [0.1, 0.15) is 52.0 Å². The van der Waals surface area contributed by atoms with E-state index in [0.717, 1.165) is 37.5 Å². The van der Waals surface area contributed by atoms with Crippen molar-refractivity contribution >= 4 is 6.29 Å². The Morgan fingerprint density at radius 3 is 2.38 bits per heavy atom. The lowest BCUT2D eigenvalue weighted by Crippen LogP contribution is -1.87. The van der Waals surface area contributed by atoms with E-state index in [1.807, 2.05) is 19.1 Å². The standard InChI is InChI=1S/C21H28O3/c1-16(2)6-4-8-18(15-22)9-5-7-17(3)10-11-19-14-20(23)12-13-21(19)24/h6,9-10,12-15,23-24H,4-5,7-8,11H2,1-3H3/b17-10+,18-9+. The van der Waals surface area contributed by atoms with Crippen molar-refractivity contribution in [2.75, 3.05) is 0 Å². The molecular formula is C21H28O3. The lowest BCUT2D eigenvalue weighted by molar-refractivity contribution is -0.105. The van der Waals surface area contributed by atoms with Crippen LogP contribution in [0.15, 0.2) is 53.1 Å². The Balaban J connectivity index is 2.50. The fourth-order valence-corrected chi connectivity index (χ4v) is 2.34. The number of carbonyl (C=O) groups excluding carboxylic acids is 1. The second-order valence-electron chi connectivity index (χ2n) is 6.32. The van der Waals surface area contributed by atoms with Gasteiger partial charge in [-0.15, -0.1) is 0 Å². The van der Waals surface area contributed by atoms with E-state index in [1.165, 1.54) is 23.3 Å². The smallest absolute Gasteiger partial charge is 0.145 e. The molecule has 2 N–H and O–H groups in total. The van der Waals surface area contributed by atoms with E-state index >= 15 is 0 Å². The van der Waals surface area contributed by atoms with Crippen LogP contribution in [0.25, 0.3) is 0 Å². The number of hydrogen-bond acceptors (Lipinski definition) is 3. The van der Waals surface area contributed by atoms with Gasteiger partial charge in [-0.25, -0.2) is 0 Å². The zero-order valence-corrected chi connectivity index (χ0v) is 14.9. The second-order valence-corrected chi connectivity index (χ2v) is 6.32. The number of hydrogen-bond donors (Lipinski definition) is 2. The van der Waals surface area contributed by atoms with Crippen molar-refractivity contribution in [3.8, 4) is 11.5 Å². The number of allylic oxidation sites excluding steroid dienone is 6. The molecule has 0 aliphatic heterocycles. The van der Waals surface area contributed by atoms with Crippen LogP contribution in [-0.4, -0.2) is 16.5 Å². The number of phenols is 2. The van der Waals surface area contributed by atoms with Crippen molar-refractivity contribution in [1.82, 2.24) is 0 Å². The molecule has 3 nitrogen and oxygen atoms in total. The Hall–Kier alpha value is -2.29. The van der Waals surface area contributed by atoms with Crippen molar-refractivity contribution in [3.63, 3.8) is 0 Å². The molecule has 24 heavy (non-hydrogen) atoms. The molecule has 0 atom stereocenters. The summed E-state index contributed by atoms with van der Waals surface area (Å²) in [5.41, 5.74) is 4.03. The van der Waals surface area contributed by atoms with E-state index in [0.29, 0.717) is 12.0 Å². The maximum Gasteiger partial charge on any atom is 0.145 e. The van der Waals surface area contributed by atoms with E-state index in [-0.39, 0.29) is 11.5 Å². The van der Waals surface area contributed by atoms with E-state index in [4.69, 9.17) is 0 Å². The first kappa shape index (κ1) is 19.8. The predicted molar refractivity (Wildman–Crippen MR) is 99.3 cm³/mol. The zero-order chi connectivity index (χ0) is 17.9. The lowest BCUT2D eigenvalue weighted by Gasteiger charge is -2.04. The number of benzene rings is 1. The van der Waals surface area contributed by atoms with Gasteiger partial charge in [0.05, 0.1) is 0 Å². The first-order valence-corrected chi connectivity index (χ1v) is 8.36. The zero-order valence-electron chi connectivity index (χ0n) is 14.9. The van der Waals surface area contributed by atoms with Gasteiger partial charge < -0.3 is 10.2 Å². The van der Waals surface area contributed by atoms with Crippen molar-refractivity contribution in [2.24, 2.45) is 0 Å². The molecule has 0 amide bonds. The van der Waals surface area contributed by atoms with Gasteiger partial charge in [0.2, 0.25) is 0 Å². The molecule has 130 valence electrons. The van der Waals surface area contributed by atoms with Crippen LogP contribution in [0, 0.1) is 0 Å². The van der Waals surface area contributed by atoms with Crippen LogP contribution in [0.3, 0.4) is 0 Å². The molecule has 0 radical (unpaired) electrons. The molecule has 0 saturated heterocycles. The molecule has 0 heterocycles. The Bertz CT molecular complexity index is 632. The fraction of sp³-hybridized carbons (Fsp3) is 0.381. The van der Waals surface area contributed by atoms with Crippen molar-refractivity contribution in [2.45, 2.75) is 52.9 Å².